The van der Waals surface area contributed by atoms with Gasteiger partial charge in [0, 0.05) is 6.54 Å². The van der Waals surface area contributed by atoms with Crippen LogP contribution in [-0.2, 0) is 11.0 Å². The van der Waals surface area contributed by atoms with E-state index in [0.717, 1.165) is 18.2 Å². The average Bonchev–Trinajstić information content (AvgIpc) is 2.43. The maximum Gasteiger partial charge on any atom is 0.416 e. The third-order valence-corrected chi connectivity index (χ3v) is 2.74. The van der Waals surface area contributed by atoms with Crippen molar-refractivity contribution in [3.63, 3.8) is 0 Å². The van der Waals surface area contributed by atoms with Gasteiger partial charge in [-0.3, -0.25) is 4.79 Å². The lowest BCUT2D eigenvalue weighted by atomic mass is 10.0. The first-order chi connectivity index (χ1) is 10.2. The molecule has 4 N–H and O–H groups in total. The number of carbonyl (C=O) groups is 2. The van der Waals surface area contributed by atoms with Crippen LogP contribution >= 0.6 is 0 Å². The third-order valence-electron chi connectivity index (χ3n) is 2.74. The molecule has 0 aliphatic heterocycles. The number of alkyl halides is 3. The second-order valence-corrected chi connectivity index (χ2v) is 4.40. The summed E-state index contributed by atoms with van der Waals surface area (Å²) in [5.41, 5.74) is -0.908. The largest absolute Gasteiger partial charge is 0.465 e. The highest BCUT2D eigenvalue weighted by Crippen LogP contribution is 2.31. The lowest BCUT2D eigenvalue weighted by Crippen LogP contribution is -2.34. The summed E-state index contributed by atoms with van der Waals surface area (Å²) in [7, 11) is 0. The van der Waals surface area contributed by atoms with Crippen LogP contribution in [0.15, 0.2) is 24.3 Å². The maximum atomic E-state index is 12.7. The number of aliphatic hydroxyl groups is 1. The molecule has 0 saturated carbocycles. The molecule has 2 amide bonds. The van der Waals surface area contributed by atoms with Crippen LogP contribution in [0.2, 0.25) is 0 Å². The van der Waals surface area contributed by atoms with E-state index >= 15 is 0 Å². The molecule has 0 unspecified atom stereocenters. The fourth-order valence-corrected chi connectivity index (χ4v) is 1.79. The van der Waals surface area contributed by atoms with Crippen LogP contribution in [0.1, 0.15) is 23.6 Å². The fourth-order valence-electron chi connectivity index (χ4n) is 1.79. The van der Waals surface area contributed by atoms with Crippen LogP contribution in [0.5, 0.6) is 0 Å². The molecule has 0 fully saturated rings. The predicted octanol–water partition coefficient (Wildman–Crippen LogP) is 1.51. The molecule has 0 aliphatic rings. The zero-order valence-electron chi connectivity index (χ0n) is 11.4. The molecule has 0 heterocycles. The van der Waals surface area contributed by atoms with E-state index in [1.165, 1.54) is 6.07 Å². The van der Waals surface area contributed by atoms with E-state index in [4.69, 9.17) is 10.2 Å². The number of nitrogens with one attached hydrogen (secondary N) is 2. The Morgan fingerprint density at radius 3 is 2.50 bits per heavy atom. The van der Waals surface area contributed by atoms with Crippen molar-refractivity contribution in [3.05, 3.63) is 35.4 Å². The van der Waals surface area contributed by atoms with E-state index in [9.17, 15) is 22.8 Å². The van der Waals surface area contributed by atoms with Gasteiger partial charge in [-0.2, -0.15) is 13.2 Å². The number of amides is 2. The molecule has 0 aromatic heterocycles. The summed E-state index contributed by atoms with van der Waals surface area (Å²) in [4.78, 5) is 22.3. The molecule has 0 spiro atoms. The molecule has 0 aliphatic carbocycles. The Kier molecular flexibility index (Phi) is 6.17. The smallest absolute Gasteiger partial charge is 0.416 e. The van der Waals surface area contributed by atoms with Gasteiger partial charge in [-0.15, -0.1) is 0 Å². The van der Waals surface area contributed by atoms with Gasteiger partial charge in [-0.1, -0.05) is 12.1 Å². The highest BCUT2D eigenvalue weighted by atomic mass is 19.4. The number of carbonyl (C=O) groups excluding carboxylic acids is 1. The molecular weight excluding hydrogens is 305 g/mol. The standard InChI is InChI=1S/C13H15F3N2O4/c14-13(15,16)9-3-1-2-8(6-9)10(18-12(21)22)7-11(20)17-4-5-19/h1-3,6,10,18-19H,4-5,7H2,(H,17,20)(H,21,22)/t10-/m0/s1. The first-order valence-electron chi connectivity index (χ1n) is 6.28. The van der Waals surface area contributed by atoms with Crippen molar-refractivity contribution in [2.45, 2.75) is 18.6 Å². The molecule has 1 aromatic rings. The van der Waals surface area contributed by atoms with Crippen molar-refractivity contribution in [2.75, 3.05) is 13.2 Å². The van der Waals surface area contributed by atoms with E-state index < -0.39 is 29.8 Å². The number of halogens is 3. The molecular formula is C13H15F3N2O4. The highest BCUT2D eigenvalue weighted by molar-refractivity contribution is 5.77. The SMILES string of the molecule is O=C(O)N[C@@H](CC(=O)NCCO)c1cccc(C(F)(F)F)c1. The Bertz CT molecular complexity index is 534. The first-order valence-corrected chi connectivity index (χ1v) is 6.28. The highest BCUT2D eigenvalue weighted by Gasteiger charge is 2.31. The topological polar surface area (TPSA) is 98.7 Å². The summed E-state index contributed by atoms with van der Waals surface area (Å²) >= 11 is 0. The van der Waals surface area contributed by atoms with Crippen molar-refractivity contribution in [1.82, 2.24) is 10.6 Å². The van der Waals surface area contributed by atoms with Gasteiger partial charge in [-0.05, 0) is 17.7 Å². The summed E-state index contributed by atoms with van der Waals surface area (Å²) in [6.07, 6.45) is -6.41. The monoisotopic (exact) mass is 320 g/mol. The van der Waals surface area contributed by atoms with Gasteiger partial charge in [0.25, 0.3) is 0 Å². The predicted molar refractivity (Wildman–Crippen MR) is 70.1 cm³/mol. The molecule has 9 heteroatoms. The number of rotatable bonds is 6. The summed E-state index contributed by atoms with van der Waals surface area (Å²) in [6, 6.07) is 2.96. The van der Waals surface area contributed by atoms with Gasteiger partial charge < -0.3 is 20.8 Å². The van der Waals surface area contributed by atoms with Gasteiger partial charge in [0.2, 0.25) is 5.91 Å². The average molecular weight is 320 g/mol. The van der Waals surface area contributed by atoms with Gasteiger partial charge in [0.15, 0.2) is 0 Å². The lowest BCUT2D eigenvalue weighted by Gasteiger charge is -2.18. The number of benzene rings is 1. The van der Waals surface area contributed by atoms with Crippen LogP contribution in [0.25, 0.3) is 0 Å². The van der Waals surface area contributed by atoms with E-state index in [2.05, 4.69) is 5.32 Å². The second kappa shape index (κ2) is 7.64. The van der Waals surface area contributed by atoms with Crippen LogP contribution in [0.3, 0.4) is 0 Å². The second-order valence-electron chi connectivity index (χ2n) is 4.40. The molecule has 6 nitrogen and oxygen atoms in total. The molecule has 0 radical (unpaired) electrons. The van der Waals surface area contributed by atoms with Crippen molar-refractivity contribution in [2.24, 2.45) is 0 Å². The minimum Gasteiger partial charge on any atom is -0.465 e. The Labute approximate surface area is 123 Å². The van der Waals surface area contributed by atoms with Crippen molar-refractivity contribution >= 4 is 12.0 Å². The minimum atomic E-state index is -4.57. The summed E-state index contributed by atoms with van der Waals surface area (Å²) in [5.74, 6) is -0.592. The molecule has 0 bridgehead atoms. The maximum absolute atomic E-state index is 12.7. The molecule has 1 aromatic carbocycles. The Hall–Kier alpha value is -2.29. The Balaban J connectivity index is 2.96. The van der Waals surface area contributed by atoms with Gasteiger partial charge in [-0.25, -0.2) is 4.79 Å². The van der Waals surface area contributed by atoms with Gasteiger partial charge >= 0.3 is 12.3 Å². The van der Waals surface area contributed by atoms with E-state index in [-0.39, 0.29) is 25.1 Å². The van der Waals surface area contributed by atoms with E-state index in [1.807, 2.05) is 5.32 Å². The van der Waals surface area contributed by atoms with Crippen LogP contribution in [-0.4, -0.2) is 35.4 Å². The zero-order valence-corrected chi connectivity index (χ0v) is 11.4. The quantitative estimate of drug-likeness (QED) is 0.638. The van der Waals surface area contributed by atoms with Crippen LogP contribution in [0.4, 0.5) is 18.0 Å². The molecule has 22 heavy (non-hydrogen) atoms. The third kappa shape index (κ3) is 5.60. The molecule has 1 atom stereocenters. The molecule has 122 valence electrons. The van der Waals surface area contributed by atoms with E-state index in [1.54, 1.807) is 0 Å². The normalized spacial score (nSPS) is 12.5. The summed E-state index contributed by atoms with van der Waals surface area (Å²) in [5, 5.41) is 21.7. The first kappa shape index (κ1) is 17.8. The Morgan fingerprint density at radius 2 is 1.95 bits per heavy atom. The van der Waals surface area contributed by atoms with E-state index in [0.29, 0.717) is 0 Å². The van der Waals surface area contributed by atoms with Crippen molar-refractivity contribution in [1.29, 1.82) is 0 Å². The van der Waals surface area contributed by atoms with Gasteiger partial charge in [0.1, 0.15) is 0 Å². The summed E-state index contributed by atoms with van der Waals surface area (Å²) in [6.45, 7) is -0.326. The van der Waals surface area contributed by atoms with Crippen molar-refractivity contribution in [3.8, 4) is 0 Å². The van der Waals surface area contributed by atoms with Crippen molar-refractivity contribution < 1.29 is 33.0 Å². The number of aliphatic hydroxyl groups excluding tert-OH is 1. The number of hydrogen-bond donors (Lipinski definition) is 4. The van der Waals surface area contributed by atoms with Gasteiger partial charge in [0.05, 0.1) is 24.6 Å². The lowest BCUT2D eigenvalue weighted by molar-refractivity contribution is -0.137. The number of hydrogen-bond acceptors (Lipinski definition) is 3. The fraction of sp³-hybridized carbons (Fsp3) is 0.385. The van der Waals surface area contributed by atoms with Crippen LogP contribution < -0.4 is 10.6 Å². The summed E-state index contributed by atoms with van der Waals surface area (Å²) < 4.78 is 38.0. The molecule has 1 rings (SSSR count). The minimum absolute atomic E-state index is 0.0244. The van der Waals surface area contributed by atoms with Crippen LogP contribution in [0, 0.1) is 0 Å². The zero-order chi connectivity index (χ0) is 16.8. The number of carboxylic acid groups (broad SMARTS) is 1. The Morgan fingerprint density at radius 1 is 1.27 bits per heavy atom. The molecule has 0 saturated heterocycles.